The Kier molecular flexibility index (Phi) is 7.18. The van der Waals surface area contributed by atoms with E-state index in [4.69, 9.17) is 4.18 Å². The molecule has 0 radical (unpaired) electrons. The average molecular weight is 356 g/mol. The second-order valence-electron chi connectivity index (χ2n) is 6.03. The summed E-state index contributed by atoms with van der Waals surface area (Å²) in [6.07, 6.45) is 1.74. The minimum atomic E-state index is -3.78. The lowest BCUT2D eigenvalue weighted by Gasteiger charge is -2.46. The van der Waals surface area contributed by atoms with E-state index in [1.807, 2.05) is 13.8 Å². The topological polar surface area (TPSA) is 53.1 Å². The van der Waals surface area contributed by atoms with Crippen LogP contribution < -0.4 is 0 Å². The summed E-state index contributed by atoms with van der Waals surface area (Å²) in [5.74, 6) is 0. The molecular weight excluding hydrogens is 326 g/mol. The number of hydrogen-bond acceptors (Lipinski definition) is 6. The number of unbranched alkanes of at least 4 members (excludes halogenated alkanes) is 1. The summed E-state index contributed by atoms with van der Waals surface area (Å²) in [7, 11) is -3.78. The zero-order valence-electron chi connectivity index (χ0n) is 14.9. The fraction of sp³-hybridized carbons (Fsp3) is 0.647. The van der Waals surface area contributed by atoms with Gasteiger partial charge in [-0.1, -0.05) is 45.4 Å². The second kappa shape index (κ2) is 8.92. The maximum Gasteiger partial charge on any atom is 0.299 e. The summed E-state index contributed by atoms with van der Waals surface area (Å²) in [5.41, 5.74) is 0. The predicted octanol–water partition coefficient (Wildman–Crippen LogP) is 2.35. The molecule has 1 fully saturated rings. The molecule has 0 aromatic heterocycles. The fourth-order valence-corrected chi connectivity index (χ4v) is 3.91. The van der Waals surface area contributed by atoms with E-state index in [2.05, 4.69) is 21.6 Å². The van der Waals surface area contributed by atoms with Crippen molar-refractivity contribution in [2.75, 3.05) is 33.0 Å². The van der Waals surface area contributed by atoms with Crippen LogP contribution in [0.3, 0.4) is 0 Å². The Labute approximate surface area is 146 Å². The highest BCUT2D eigenvalue weighted by atomic mass is 32.2. The van der Waals surface area contributed by atoms with Crippen molar-refractivity contribution < 1.29 is 12.6 Å². The van der Waals surface area contributed by atoms with Crippen molar-refractivity contribution in [2.45, 2.75) is 44.9 Å². The number of rotatable bonds is 8. The van der Waals surface area contributed by atoms with Crippen molar-refractivity contribution in [3.8, 4) is 0 Å². The smallest absolute Gasteiger partial charge is 0.277 e. The van der Waals surface area contributed by atoms with E-state index in [0.29, 0.717) is 0 Å². The van der Waals surface area contributed by atoms with Gasteiger partial charge in [0.1, 0.15) is 0 Å². The number of hydrogen-bond donors (Lipinski definition) is 0. The third kappa shape index (κ3) is 4.77. The molecule has 0 unspecified atom stereocenters. The van der Waals surface area contributed by atoms with Crippen LogP contribution in [0.15, 0.2) is 35.2 Å². The molecule has 6 nitrogen and oxygen atoms in total. The Morgan fingerprint density at radius 3 is 2.12 bits per heavy atom. The van der Waals surface area contributed by atoms with Crippen LogP contribution in [0.5, 0.6) is 0 Å². The lowest BCUT2D eigenvalue weighted by atomic mass is 10.3. The van der Waals surface area contributed by atoms with Gasteiger partial charge in [-0.3, -0.25) is 14.7 Å². The highest BCUT2D eigenvalue weighted by molar-refractivity contribution is 7.86. The standard InChI is InChI=1S/C17H29N3O3S/c1-4-7-13-18-14-19(5-2)17(20(6-3)15-18)23-24(21,22)16-11-9-8-10-12-16/h8-12,17H,4-7,13-15H2,1-3H3. The van der Waals surface area contributed by atoms with Crippen molar-refractivity contribution in [3.63, 3.8) is 0 Å². The van der Waals surface area contributed by atoms with Gasteiger partial charge in [0, 0.05) is 19.6 Å². The molecule has 1 aliphatic rings. The van der Waals surface area contributed by atoms with Crippen molar-refractivity contribution in [1.82, 2.24) is 14.7 Å². The van der Waals surface area contributed by atoms with Gasteiger partial charge < -0.3 is 0 Å². The molecule has 0 spiro atoms. The van der Waals surface area contributed by atoms with Gasteiger partial charge in [0.2, 0.25) is 0 Å². The van der Waals surface area contributed by atoms with E-state index >= 15 is 0 Å². The molecule has 0 aliphatic carbocycles. The van der Waals surface area contributed by atoms with Gasteiger partial charge in [0.05, 0.1) is 18.2 Å². The van der Waals surface area contributed by atoms with Crippen LogP contribution in [-0.4, -0.2) is 62.4 Å². The van der Waals surface area contributed by atoms with E-state index in [0.717, 1.165) is 45.8 Å². The minimum absolute atomic E-state index is 0.200. The first-order valence-electron chi connectivity index (χ1n) is 8.70. The Morgan fingerprint density at radius 2 is 1.62 bits per heavy atom. The van der Waals surface area contributed by atoms with E-state index in [1.165, 1.54) is 0 Å². The molecular formula is C17H29N3O3S. The van der Waals surface area contributed by atoms with Crippen LogP contribution in [0.2, 0.25) is 0 Å². The second-order valence-corrected chi connectivity index (χ2v) is 7.60. The zero-order chi connectivity index (χ0) is 17.6. The van der Waals surface area contributed by atoms with Gasteiger partial charge in [-0.05, 0) is 18.6 Å². The Hall–Kier alpha value is -0.990. The summed E-state index contributed by atoms with van der Waals surface area (Å²) >= 11 is 0. The SMILES string of the molecule is CCCCN1CN(CC)C(OS(=O)(=O)c2ccccc2)N(CC)C1. The van der Waals surface area contributed by atoms with Gasteiger partial charge >= 0.3 is 0 Å². The molecule has 1 aromatic rings. The van der Waals surface area contributed by atoms with Crippen LogP contribution in [0, 0.1) is 0 Å². The van der Waals surface area contributed by atoms with Crippen LogP contribution >= 0.6 is 0 Å². The lowest BCUT2D eigenvalue weighted by molar-refractivity contribution is -0.164. The van der Waals surface area contributed by atoms with E-state index in [9.17, 15) is 8.42 Å². The van der Waals surface area contributed by atoms with Gasteiger partial charge in [-0.15, -0.1) is 0 Å². The third-order valence-electron chi connectivity index (χ3n) is 4.27. The highest BCUT2D eigenvalue weighted by Crippen LogP contribution is 2.21. The molecule has 0 atom stereocenters. The average Bonchev–Trinajstić information content (AvgIpc) is 2.61. The Morgan fingerprint density at radius 1 is 1.04 bits per heavy atom. The molecule has 1 saturated heterocycles. The monoisotopic (exact) mass is 355 g/mol. The minimum Gasteiger partial charge on any atom is -0.277 e. The molecule has 0 amide bonds. The lowest BCUT2D eigenvalue weighted by Crippen LogP contribution is -2.62. The van der Waals surface area contributed by atoms with Crippen molar-refractivity contribution in [1.29, 1.82) is 0 Å². The summed E-state index contributed by atoms with van der Waals surface area (Å²) in [5, 5.41) is 0. The largest absolute Gasteiger partial charge is 0.299 e. The molecule has 1 aromatic carbocycles. The Bertz CT molecular complexity index is 580. The van der Waals surface area contributed by atoms with Gasteiger partial charge in [-0.25, -0.2) is 4.18 Å². The van der Waals surface area contributed by atoms with Gasteiger partial charge in [0.15, 0.2) is 6.35 Å². The molecule has 0 N–H and O–H groups in total. The highest BCUT2D eigenvalue weighted by Gasteiger charge is 2.35. The molecule has 136 valence electrons. The summed E-state index contributed by atoms with van der Waals surface area (Å²) in [6, 6.07) is 8.34. The van der Waals surface area contributed by atoms with E-state index in [-0.39, 0.29) is 4.90 Å². The van der Waals surface area contributed by atoms with E-state index in [1.54, 1.807) is 30.3 Å². The quantitative estimate of drug-likeness (QED) is 0.667. The van der Waals surface area contributed by atoms with Crippen LogP contribution in [0.25, 0.3) is 0 Å². The summed E-state index contributed by atoms with van der Waals surface area (Å²) in [4.78, 5) is 6.66. The fourth-order valence-electron chi connectivity index (χ4n) is 2.84. The normalized spacial score (nSPS) is 19.0. The van der Waals surface area contributed by atoms with Crippen LogP contribution in [0.4, 0.5) is 0 Å². The molecule has 24 heavy (non-hydrogen) atoms. The first-order valence-corrected chi connectivity index (χ1v) is 10.1. The number of nitrogens with zero attached hydrogens (tertiary/aromatic N) is 3. The summed E-state index contributed by atoms with van der Waals surface area (Å²) < 4.78 is 30.8. The first kappa shape index (κ1) is 19.3. The molecule has 0 bridgehead atoms. The molecule has 1 heterocycles. The van der Waals surface area contributed by atoms with Crippen molar-refractivity contribution in [2.24, 2.45) is 0 Å². The van der Waals surface area contributed by atoms with Crippen molar-refractivity contribution in [3.05, 3.63) is 30.3 Å². The number of benzene rings is 1. The predicted molar refractivity (Wildman–Crippen MR) is 94.6 cm³/mol. The maximum atomic E-state index is 12.6. The third-order valence-corrected chi connectivity index (χ3v) is 5.55. The van der Waals surface area contributed by atoms with Crippen LogP contribution in [-0.2, 0) is 14.3 Å². The molecule has 2 rings (SSSR count). The van der Waals surface area contributed by atoms with Crippen molar-refractivity contribution >= 4 is 10.1 Å². The zero-order valence-corrected chi connectivity index (χ0v) is 15.7. The summed E-state index contributed by atoms with van der Waals surface area (Å²) in [6.45, 7) is 10.2. The maximum absolute atomic E-state index is 12.6. The molecule has 7 heteroatoms. The van der Waals surface area contributed by atoms with Crippen LogP contribution in [0.1, 0.15) is 33.6 Å². The molecule has 0 saturated carbocycles. The van der Waals surface area contributed by atoms with Gasteiger partial charge in [0.25, 0.3) is 10.1 Å². The Balaban J connectivity index is 2.15. The molecule has 1 aliphatic heterocycles. The van der Waals surface area contributed by atoms with E-state index < -0.39 is 16.5 Å². The first-order chi connectivity index (χ1) is 11.5. The van der Waals surface area contributed by atoms with Gasteiger partial charge in [-0.2, -0.15) is 8.42 Å².